The van der Waals surface area contributed by atoms with Gasteiger partial charge in [-0.15, -0.1) is 0 Å². The Balaban J connectivity index is 3.49. The highest BCUT2D eigenvalue weighted by Crippen LogP contribution is 1.93. The summed E-state index contributed by atoms with van der Waals surface area (Å²) in [5, 5.41) is 6.84. The third-order valence-electron chi connectivity index (χ3n) is 1.25. The lowest BCUT2D eigenvalue weighted by atomic mass is 10.1. The molecule has 0 saturated heterocycles. The minimum atomic E-state index is -0.455. The van der Waals surface area contributed by atoms with Gasteiger partial charge in [0.15, 0.2) is 0 Å². The number of hydrogen-bond acceptors (Lipinski definition) is 3. The van der Waals surface area contributed by atoms with Gasteiger partial charge in [-0.05, 0) is 13.3 Å². The number of nitrogens with one attached hydrogen (secondary N) is 1. The molecule has 0 fully saturated rings. The second-order valence-electron chi connectivity index (χ2n) is 2.28. The fraction of sp³-hybridized carbons (Fsp3) is 0.667. The fourth-order valence-electron chi connectivity index (χ4n) is 0.514. The predicted octanol–water partition coefficient (Wildman–Crippen LogP) is -0.381. The first-order chi connectivity index (χ1) is 4.54. The molecule has 0 heterocycles. The van der Waals surface area contributed by atoms with Gasteiger partial charge in [-0.2, -0.15) is 0 Å². The Hall–Kier alpha value is -0.900. The molecule has 4 nitrogen and oxygen atoms in total. The summed E-state index contributed by atoms with van der Waals surface area (Å²) < 4.78 is 0. The number of carbonyl (C=O) groups is 1. The summed E-state index contributed by atoms with van der Waals surface area (Å²) in [6.07, 6.45) is 0.880. The van der Waals surface area contributed by atoms with Crippen LogP contribution in [0, 0.1) is 5.41 Å². The molecular formula is C6H13N3O. The van der Waals surface area contributed by atoms with Crippen molar-refractivity contribution in [3.8, 4) is 0 Å². The largest absolute Gasteiger partial charge is 0.388 e. The molecule has 0 bridgehead atoms. The van der Waals surface area contributed by atoms with Gasteiger partial charge in [0.1, 0.15) is 5.78 Å². The zero-order valence-corrected chi connectivity index (χ0v) is 6.05. The molecule has 4 heteroatoms. The van der Waals surface area contributed by atoms with E-state index in [0.29, 0.717) is 12.8 Å². The summed E-state index contributed by atoms with van der Waals surface area (Å²) in [5.74, 6) is 0.0259. The summed E-state index contributed by atoms with van der Waals surface area (Å²) >= 11 is 0. The van der Waals surface area contributed by atoms with E-state index in [-0.39, 0.29) is 11.6 Å². The Kier molecular flexibility index (Phi) is 3.64. The number of Topliss-reactive ketones (excluding diaryl/α,β-unsaturated/α-hetero) is 1. The molecule has 0 spiro atoms. The summed E-state index contributed by atoms with van der Waals surface area (Å²) in [5.41, 5.74) is 10.4. The van der Waals surface area contributed by atoms with Crippen LogP contribution in [0.5, 0.6) is 0 Å². The highest BCUT2D eigenvalue weighted by molar-refractivity contribution is 5.82. The molecular weight excluding hydrogens is 130 g/mol. The Morgan fingerprint density at radius 3 is 2.50 bits per heavy atom. The molecule has 5 N–H and O–H groups in total. The van der Waals surface area contributed by atoms with Gasteiger partial charge in [-0.25, -0.2) is 0 Å². The van der Waals surface area contributed by atoms with Crippen molar-refractivity contribution in [1.29, 1.82) is 5.41 Å². The monoisotopic (exact) mass is 143 g/mol. The maximum absolute atomic E-state index is 10.5. The topological polar surface area (TPSA) is 93.0 Å². The van der Waals surface area contributed by atoms with Crippen LogP contribution >= 0.6 is 0 Å². The first kappa shape index (κ1) is 9.10. The zero-order valence-electron chi connectivity index (χ0n) is 6.05. The predicted molar refractivity (Wildman–Crippen MR) is 39.8 cm³/mol. The van der Waals surface area contributed by atoms with E-state index < -0.39 is 6.04 Å². The van der Waals surface area contributed by atoms with E-state index in [1.54, 1.807) is 0 Å². The number of hydrogen-bond donors (Lipinski definition) is 3. The lowest BCUT2D eigenvalue weighted by molar-refractivity contribution is -0.118. The quantitative estimate of drug-likeness (QED) is 0.370. The molecule has 0 rings (SSSR count). The van der Waals surface area contributed by atoms with Gasteiger partial charge in [-0.1, -0.05) is 0 Å². The van der Waals surface area contributed by atoms with Crippen LogP contribution in [0.4, 0.5) is 0 Å². The van der Waals surface area contributed by atoms with E-state index in [2.05, 4.69) is 0 Å². The molecule has 0 saturated carbocycles. The normalized spacial score (nSPS) is 12.6. The Morgan fingerprint density at radius 1 is 1.70 bits per heavy atom. The first-order valence-corrected chi connectivity index (χ1v) is 3.13. The van der Waals surface area contributed by atoms with Crippen molar-refractivity contribution in [2.45, 2.75) is 25.8 Å². The SMILES string of the molecule is CC(=O)C(N)CCC(=N)N. The van der Waals surface area contributed by atoms with Crippen molar-refractivity contribution >= 4 is 11.6 Å². The van der Waals surface area contributed by atoms with Gasteiger partial charge in [0.2, 0.25) is 0 Å². The molecule has 0 aromatic heterocycles. The minimum absolute atomic E-state index is 0.0544. The lowest BCUT2D eigenvalue weighted by Crippen LogP contribution is -2.29. The number of ketones is 1. The molecule has 0 aromatic carbocycles. The first-order valence-electron chi connectivity index (χ1n) is 3.13. The molecule has 0 aromatic rings. The highest BCUT2D eigenvalue weighted by Gasteiger charge is 2.07. The van der Waals surface area contributed by atoms with Crippen molar-refractivity contribution in [3.05, 3.63) is 0 Å². The van der Waals surface area contributed by atoms with Crippen molar-refractivity contribution < 1.29 is 4.79 Å². The van der Waals surface area contributed by atoms with Gasteiger partial charge in [0.25, 0.3) is 0 Å². The smallest absolute Gasteiger partial charge is 0.146 e. The molecule has 1 atom stereocenters. The molecule has 0 radical (unpaired) electrons. The Labute approximate surface area is 60.1 Å². The maximum Gasteiger partial charge on any atom is 0.146 e. The molecule has 10 heavy (non-hydrogen) atoms. The van der Waals surface area contributed by atoms with Gasteiger partial charge in [0, 0.05) is 6.42 Å². The molecule has 0 aliphatic rings. The molecule has 0 amide bonds. The van der Waals surface area contributed by atoms with Gasteiger partial charge in [0.05, 0.1) is 11.9 Å². The van der Waals surface area contributed by atoms with Crippen LogP contribution in [-0.2, 0) is 4.79 Å². The molecule has 0 aliphatic carbocycles. The Morgan fingerprint density at radius 2 is 2.20 bits per heavy atom. The number of amidine groups is 1. The van der Waals surface area contributed by atoms with E-state index >= 15 is 0 Å². The summed E-state index contributed by atoms with van der Waals surface area (Å²) in [6.45, 7) is 1.44. The lowest BCUT2D eigenvalue weighted by Gasteiger charge is -2.04. The van der Waals surface area contributed by atoms with Crippen LogP contribution in [0.15, 0.2) is 0 Å². The number of nitrogens with two attached hydrogens (primary N) is 2. The van der Waals surface area contributed by atoms with E-state index in [4.69, 9.17) is 16.9 Å². The van der Waals surface area contributed by atoms with Gasteiger partial charge < -0.3 is 11.5 Å². The van der Waals surface area contributed by atoms with Crippen LogP contribution in [0.3, 0.4) is 0 Å². The van der Waals surface area contributed by atoms with Crippen LogP contribution in [0.1, 0.15) is 19.8 Å². The molecule has 58 valence electrons. The number of rotatable bonds is 4. The van der Waals surface area contributed by atoms with Crippen LogP contribution < -0.4 is 11.5 Å². The van der Waals surface area contributed by atoms with Crippen LogP contribution in [0.25, 0.3) is 0 Å². The van der Waals surface area contributed by atoms with E-state index in [1.807, 2.05) is 0 Å². The second-order valence-corrected chi connectivity index (χ2v) is 2.28. The van der Waals surface area contributed by atoms with Crippen molar-refractivity contribution in [2.24, 2.45) is 11.5 Å². The van der Waals surface area contributed by atoms with Gasteiger partial charge >= 0.3 is 0 Å². The van der Waals surface area contributed by atoms with Crippen molar-refractivity contribution in [1.82, 2.24) is 0 Å². The van der Waals surface area contributed by atoms with Crippen LogP contribution in [0.2, 0.25) is 0 Å². The molecule has 1 unspecified atom stereocenters. The minimum Gasteiger partial charge on any atom is -0.388 e. The Bertz CT molecular complexity index is 144. The van der Waals surface area contributed by atoms with Crippen LogP contribution in [-0.4, -0.2) is 17.7 Å². The standard InChI is InChI=1S/C6H13N3O/c1-4(10)5(7)2-3-6(8)9/h5H,2-3,7H2,1H3,(H3,8,9). The third kappa shape index (κ3) is 4.03. The number of carbonyl (C=O) groups excluding carboxylic acids is 1. The van der Waals surface area contributed by atoms with Gasteiger partial charge in [-0.3, -0.25) is 10.2 Å². The summed E-state index contributed by atoms with van der Waals surface area (Å²) in [7, 11) is 0. The average molecular weight is 143 g/mol. The highest BCUT2D eigenvalue weighted by atomic mass is 16.1. The van der Waals surface area contributed by atoms with E-state index in [9.17, 15) is 4.79 Å². The van der Waals surface area contributed by atoms with E-state index in [0.717, 1.165) is 0 Å². The van der Waals surface area contributed by atoms with Crippen molar-refractivity contribution in [2.75, 3.05) is 0 Å². The average Bonchev–Trinajstić information content (AvgIpc) is 1.82. The zero-order chi connectivity index (χ0) is 8.15. The van der Waals surface area contributed by atoms with E-state index in [1.165, 1.54) is 6.92 Å². The maximum atomic E-state index is 10.5. The third-order valence-corrected chi connectivity index (χ3v) is 1.25. The summed E-state index contributed by atoms with van der Waals surface area (Å²) in [4.78, 5) is 10.5. The van der Waals surface area contributed by atoms with Crippen molar-refractivity contribution in [3.63, 3.8) is 0 Å². The fourth-order valence-corrected chi connectivity index (χ4v) is 0.514. The molecule has 0 aliphatic heterocycles. The summed E-state index contributed by atoms with van der Waals surface area (Å²) in [6, 6.07) is -0.455. The second kappa shape index (κ2) is 4.00.